The van der Waals surface area contributed by atoms with Gasteiger partial charge in [0.25, 0.3) is 5.91 Å². The summed E-state index contributed by atoms with van der Waals surface area (Å²) in [5.74, 6) is -0.254. The fraction of sp³-hybridized carbons (Fsp3) is 0.0714. The topological polar surface area (TPSA) is 80.9 Å². The van der Waals surface area contributed by atoms with E-state index in [0.29, 0.717) is 31.9 Å². The molecule has 0 aliphatic carbocycles. The zero-order valence-corrected chi connectivity index (χ0v) is 12.6. The summed E-state index contributed by atoms with van der Waals surface area (Å²) in [6, 6.07) is 7.12. The minimum atomic E-state index is -0.254. The van der Waals surface area contributed by atoms with E-state index in [1.54, 1.807) is 31.3 Å². The van der Waals surface area contributed by atoms with Crippen molar-refractivity contribution in [3.8, 4) is 0 Å². The van der Waals surface area contributed by atoms with Gasteiger partial charge in [-0.05, 0) is 31.2 Å². The lowest BCUT2D eigenvalue weighted by atomic mass is 10.2. The Kier molecular flexibility index (Phi) is 3.48. The molecule has 0 bridgehead atoms. The monoisotopic (exact) mass is 318 g/mol. The highest BCUT2D eigenvalue weighted by Crippen LogP contribution is 2.29. The van der Waals surface area contributed by atoms with Crippen LogP contribution in [0.1, 0.15) is 15.4 Å². The molecule has 2 aromatic heterocycles. The summed E-state index contributed by atoms with van der Waals surface area (Å²) in [5, 5.41) is 4.59. The first-order valence-corrected chi connectivity index (χ1v) is 7.33. The van der Waals surface area contributed by atoms with Crippen molar-refractivity contribution in [2.75, 3.05) is 11.1 Å². The van der Waals surface area contributed by atoms with Crippen LogP contribution in [0.3, 0.4) is 0 Å². The molecule has 0 radical (unpaired) electrons. The highest BCUT2D eigenvalue weighted by Gasteiger charge is 2.16. The van der Waals surface area contributed by atoms with E-state index in [1.807, 2.05) is 6.07 Å². The molecule has 1 aromatic carbocycles. The second kappa shape index (κ2) is 5.31. The van der Waals surface area contributed by atoms with Crippen LogP contribution in [0.2, 0.25) is 5.02 Å². The molecule has 7 heteroatoms. The van der Waals surface area contributed by atoms with Gasteiger partial charge in [0.15, 0.2) is 5.13 Å². The summed E-state index contributed by atoms with van der Waals surface area (Å²) in [5.41, 5.74) is 7.48. The fourth-order valence-corrected chi connectivity index (χ4v) is 2.99. The van der Waals surface area contributed by atoms with Crippen molar-refractivity contribution in [2.24, 2.45) is 0 Å². The van der Waals surface area contributed by atoms with Crippen LogP contribution >= 0.6 is 22.9 Å². The average Bonchev–Trinajstić information content (AvgIpc) is 2.81. The minimum Gasteiger partial charge on any atom is -0.375 e. The van der Waals surface area contributed by atoms with Crippen LogP contribution < -0.4 is 11.1 Å². The summed E-state index contributed by atoms with van der Waals surface area (Å²) in [6.45, 7) is 1.75. The van der Waals surface area contributed by atoms with Gasteiger partial charge < -0.3 is 11.1 Å². The third-order valence-corrected chi connectivity index (χ3v) is 4.30. The van der Waals surface area contributed by atoms with E-state index in [-0.39, 0.29) is 5.91 Å². The highest BCUT2D eigenvalue weighted by molar-refractivity contribution is 7.17. The Bertz CT molecular complexity index is 846. The van der Waals surface area contributed by atoms with Crippen molar-refractivity contribution >= 4 is 50.6 Å². The maximum atomic E-state index is 12.3. The van der Waals surface area contributed by atoms with Crippen molar-refractivity contribution < 1.29 is 4.79 Å². The smallest absolute Gasteiger partial charge is 0.267 e. The van der Waals surface area contributed by atoms with Gasteiger partial charge in [0, 0.05) is 11.6 Å². The summed E-state index contributed by atoms with van der Waals surface area (Å²) < 4.78 is 0. The number of benzene rings is 1. The van der Waals surface area contributed by atoms with Crippen molar-refractivity contribution in [3.05, 3.63) is 46.1 Å². The average molecular weight is 319 g/mol. The summed E-state index contributed by atoms with van der Waals surface area (Å²) in [7, 11) is 0. The maximum Gasteiger partial charge on any atom is 0.267 e. The maximum absolute atomic E-state index is 12.3. The summed E-state index contributed by atoms with van der Waals surface area (Å²) in [4.78, 5) is 21.1. The lowest BCUT2D eigenvalue weighted by Crippen LogP contribution is -2.12. The zero-order chi connectivity index (χ0) is 15.0. The van der Waals surface area contributed by atoms with Gasteiger partial charge in [-0.25, -0.2) is 4.98 Å². The second-order valence-electron chi connectivity index (χ2n) is 4.42. The number of aryl methyl sites for hydroxylation is 1. The lowest BCUT2D eigenvalue weighted by Gasteiger charge is -2.08. The van der Waals surface area contributed by atoms with Crippen molar-refractivity contribution in [1.29, 1.82) is 0 Å². The van der Waals surface area contributed by atoms with Crippen LogP contribution in [0, 0.1) is 6.92 Å². The number of hydrogen-bond acceptors (Lipinski definition) is 5. The molecule has 0 atom stereocenters. The van der Waals surface area contributed by atoms with Gasteiger partial charge in [-0.1, -0.05) is 22.9 Å². The fourth-order valence-electron chi connectivity index (χ4n) is 2.05. The third-order valence-electron chi connectivity index (χ3n) is 2.98. The van der Waals surface area contributed by atoms with E-state index in [1.165, 1.54) is 0 Å². The van der Waals surface area contributed by atoms with E-state index >= 15 is 0 Å². The Morgan fingerprint density at radius 1 is 1.38 bits per heavy atom. The predicted molar refractivity (Wildman–Crippen MR) is 86.0 cm³/mol. The molecule has 0 aliphatic rings. The number of rotatable bonds is 2. The van der Waals surface area contributed by atoms with E-state index < -0.39 is 0 Å². The Labute approximate surface area is 129 Å². The first-order chi connectivity index (χ1) is 10.1. The largest absolute Gasteiger partial charge is 0.375 e. The van der Waals surface area contributed by atoms with Gasteiger partial charge in [0.2, 0.25) is 0 Å². The molecular formula is C14H11ClN4OS. The van der Waals surface area contributed by atoms with Gasteiger partial charge in [-0.3, -0.25) is 9.78 Å². The number of nitrogen functional groups attached to an aromatic ring is 1. The van der Waals surface area contributed by atoms with Crippen molar-refractivity contribution in [1.82, 2.24) is 9.97 Å². The Morgan fingerprint density at radius 3 is 2.90 bits per heavy atom. The van der Waals surface area contributed by atoms with Crippen LogP contribution in [0.5, 0.6) is 0 Å². The number of fused-ring (bicyclic) bond motifs is 1. The third kappa shape index (κ3) is 2.55. The van der Waals surface area contributed by atoms with Gasteiger partial charge in [-0.15, -0.1) is 0 Å². The number of anilines is 2. The minimum absolute atomic E-state index is 0.254. The van der Waals surface area contributed by atoms with E-state index in [9.17, 15) is 4.79 Å². The van der Waals surface area contributed by atoms with Crippen molar-refractivity contribution in [3.63, 3.8) is 0 Å². The SMILES string of the molecule is Cc1nc(N)sc1C(=O)Nc1ccc(Cl)c2cccnc12. The van der Waals surface area contributed by atoms with E-state index in [0.717, 1.165) is 16.7 Å². The number of pyridine rings is 1. The number of nitrogens with one attached hydrogen (secondary N) is 1. The van der Waals surface area contributed by atoms with Gasteiger partial charge in [-0.2, -0.15) is 0 Å². The number of carbonyl (C=O) groups excluding carboxylic acids is 1. The number of aromatic nitrogens is 2. The van der Waals surface area contributed by atoms with Gasteiger partial charge in [0.1, 0.15) is 4.88 Å². The quantitative estimate of drug-likeness (QED) is 0.758. The molecule has 0 aliphatic heterocycles. The molecule has 0 unspecified atom stereocenters. The summed E-state index contributed by atoms with van der Waals surface area (Å²) >= 11 is 7.29. The molecule has 106 valence electrons. The van der Waals surface area contributed by atoms with Crippen LogP contribution in [0.15, 0.2) is 30.5 Å². The normalized spacial score (nSPS) is 10.8. The highest BCUT2D eigenvalue weighted by atomic mass is 35.5. The molecule has 0 saturated carbocycles. The van der Waals surface area contributed by atoms with Crippen LogP contribution in [0.4, 0.5) is 10.8 Å². The molecule has 3 aromatic rings. The molecular weight excluding hydrogens is 308 g/mol. The Morgan fingerprint density at radius 2 is 2.19 bits per heavy atom. The second-order valence-corrected chi connectivity index (χ2v) is 5.85. The molecule has 0 spiro atoms. The molecule has 5 nitrogen and oxygen atoms in total. The van der Waals surface area contributed by atoms with Gasteiger partial charge >= 0.3 is 0 Å². The number of nitrogens with zero attached hydrogens (tertiary/aromatic N) is 2. The number of carbonyl (C=O) groups is 1. The molecule has 2 heterocycles. The van der Waals surface area contributed by atoms with Crippen LogP contribution in [-0.2, 0) is 0 Å². The Hall–Kier alpha value is -2.18. The number of thiazole rings is 1. The standard InChI is InChI=1S/C14H11ClN4OS/c1-7-12(21-14(16)18-7)13(20)19-10-5-4-9(15)8-3-2-6-17-11(8)10/h2-6H,1H3,(H2,16,18)(H,19,20). The molecule has 3 rings (SSSR count). The van der Waals surface area contributed by atoms with Gasteiger partial charge in [0.05, 0.1) is 21.9 Å². The molecule has 1 amide bonds. The number of nitrogens with two attached hydrogens (primary N) is 1. The lowest BCUT2D eigenvalue weighted by molar-refractivity contribution is 0.103. The van der Waals surface area contributed by atoms with Crippen LogP contribution in [-0.4, -0.2) is 15.9 Å². The molecule has 0 fully saturated rings. The summed E-state index contributed by atoms with van der Waals surface area (Å²) in [6.07, 6.45) is 1.66. The number of hydrogen-bond donors (Lipinski definition) is 2. The Balaban J connectivity index is 2.01. The molecule has 0 saturated heterocycles. The number of halogens is 1. The van der Waals surface area contributed by atoms with E-state index in [4.69, 9.17) is 17.3 Å². The first-order valence-electron chi connectivity index (χ1n) is 6.14. The zero-order valence-electron chi connectivity index (χ0n) is 11.1. The van der Waals surface area contributed by atoms with Crippen LogP contribution in [0.25, 0.3) is 10.9 Å². The molecule has 21 heavy (non-hydrogen) atoms. The number of amides is 1. The van der Waals surface area contributed by atoms with Crippen molar-refractivity contribution in [2.45, 2.75) is 6.92 Å². The molecule has 3 N–H and O–H groups in total. The first kappa shape index (κ1) is 13.8. The van der Waals surface area contributed by atoms with E-state index in [2.05, 4.69) is 15.3 Å². The predicted octanol–water partition coefficient (Wildman–Crippen LogP) is 3.49.